The molecule has 0 saturated carbocycles. The van der Waals surface area contributed by atoms with Crippen LogP contribution in [0.4, 0.5) is 4.79 Å². The van der Waals surface area contributed by atoms with E-state index in [9.17, 15) is 9.59 Å². The molecule has 0 aliphatic heterocycles. The van der Waals surface area contributed by atoms with Gasteiger partial charge in [-0.1, -0.05) is 0 Å². The first-order chi connectivity index (χ1) is 8.17. The largest absolute Gasteiger partial charge is 0.444 e. The molecule has 0 aromatic heterocycles. The third kappa shape index (κ3) is 6.74. The highest BCUT2D eigenvalue weighted by atomic mass is 16.6. The second-order valence-electron chi connectivity index (χ2n) is 5.04. The maximum absolute atomic E-state index is 11.8. The SMILES string of the molecule is C[C@@H](NC(=O)OC(C)(C)C)C(=O)N(C)CCC#N. The molecule has 0 radical (unpaired) electrons. The van der Waals surface area contributed by atoms with E-state index in [2.05, 4.69) is 5.32 Å². The number of hydrogen-bond donors (Lipinski definition) is 1. The minimum absolute atomic E-state index is 0.254. The fourth-order valence-corrected chi connectivity index (χ4v) is 1.20. The first kappa shape index (κ1) is 16.2. The first-order valence-corrected chi connectivity index (χ1v) is 5.79. The Morgan fingerprint density at radius 2 is 2.00 bits per heavy atom. The highest BCUT2D eigenvalue weighted by molar-refractivity contribution is 5.85. The van der Waals surface area contributed by atoms with Gasteiger partial charge in [-0.25, -0.2) is 4.79 Å². The predicted octanol–water partition coefficient (Wildman–Crippen LogP) is 1.27. The van der Waals surface area contributed by atoms with Crippen molar-refractivity contribution < 1.29 is 14.3 Å². The summed E-state index contributed by atoms with van der Waals surface area (Å²) in [6.07, 6.45) is -0.362. The van der Waals surface area contributed by atoms with Crippen LogP contribution in [-0.4, -0.2) is 42.1 Å². The molecular formula is C12H21N3O3. The molecule has 6 nitrogen and oxygen atoms in total. The van der Waals surface area contributed by atoms with Crippen molar-refractivity contribution in [1.82, 2.24) is 10.2 Å². The summed E-state index contributed by atoms with van der Waals surface area (Å²) in [6.45, 7) is 7.17. The van der Waals surface area contributed by atoms with Crippen LogP contribution in [-0.2, 0) is 9.53 Å². The van der Waals surface area contributed by atoms with Crippen molar-refractivity contribution in [2.45, 2.75) is 45.8 Å². The van der Waals surface area contributed by atoms with Crippen LogP contribution in [0.15, 0.2) is 0 Å². The quantitative estimate of drug-likeness (QED) is 0.820. The summed E-state index contributed by atoms with van der Waals surface area (Å²) in [7, 11) is 1.59. The predicted molar refractivity (Wildman–Crippen MR) is 66.7 cm³/mol. The molecule has 0 unspecified atom stereocenters. The normalized spacial score (nSPS) is 12.2. The van der Waals surface area contributed by atoms with Gasteiger partial charge in [0.1, 0.15) is 11.6 Å². The van der Waals surface area contributed by atoms with Gasteiger partial charge in [-0.3, -0.25) is 4.79 Å². The summed E-state index contributed by atoms with van der Waals surface area (Å²) < 4.78 is 5.05. The monoisotopic (exact) mass is 255 g/mol. The lowest BCUT2D eigenvalue weighted by Crippen LogP contribution is -2.47. The second kappa shape index (κ2) is 6.84. The van der Waals surface area contributed by atoms with Crippen molar-refractivity contribution >= 4 is 12.0 Å². The number of nitrogens with one attached hydrogen (secondary N) is 1. The molecule has 0 spiro atoms. The fourth-order valence-electron chi connectivity index (χ4n) is 1.20. The lowest BCUT2D eigenvalue weighted by molar-refractivity contribution is -0.131. The van der Waals surface area contributed by atoms with Crippen LogP contribution in [0, 0.1) is 11.3 Å². The average molecular weight is 255 g/mol. The molecule has 18 heavy (non-hydrogen) atoms. The summed E-state index contributed by atoms with van der Waals surface area (Å²) in [5, 5.41) is 10.9. The van der Waals surface area contributed by atoms with Crippen LogP contribution in [0.3, 0.4) is 0 Å². The Labute approximate surface area is 108 Å². The van der Waals surface area contributed by atoms with Gasteiger partial charge in [-0.2, -0.15) is 5.26 Å². The van der Waals surface area contributed by atoms with E-state index in [0.29, 0.717) is 6.54 Å². The molecule has 0 bridgehead atoms. The molecule has 0 aliphatic carbocycles. The van der Waals surface area contributed by atoms with Gasteiger partial charge in [0.15, 0.2) is 0 Å². The number of carbonyl (C=O) groups excluding carboxylic acids is 2. The summed E-state index contributed by atoms with van der Waals surface area (Å²) in [4.78, 5) is 24.7. The smallest absolute Gasteiger partial charge is 0.408 e. The van der Waals surface area contributed by atoms with Crippen LogP contribution < -0.4 is 5.32 Å². The molecule has 0 fully saturated rings. The molecule has 6 heteroatoms. The highest BCUT2D eigenvalue weighted by Gasteiger charge is 2.22. The van der Waals surface area contributed by atoms with Crippen molar-refractivity contribution in [3.63, 3.8) is 0 Å². The van der Waals surface area contributed by atoms with Crippen molar-refractivity contribution in [1.29, 1.82) is 5.26 Å². The molecule has 0 aromatic rings. The number of likely N-dealkylation sites (N-methyl/N-ethyl adjacent to an activating group) is 1. The molecule has 0 rings (SSSR count). The van der Waals surface area contributed by atoms with Crippen molar-refractivity contribution in [2.24, 2.45) is 0 Å². The molecule has 0 heterocycles. The van der Waals surface area contributed by atoms with Gasteiger partial charge in [-0.05, 0) is 27.7 Å². The lowest BCUT2D eigenvalue weighted by atomic mass is 10.2. The zero-order valence-electron chi connectivity index (χ0n) is 11.6. The van der Waals surface area contributed by atoms with Gasteiger partial charge < -0.3 is 15.0 Å². The molecule has 0 saturated heterocycles. The van der Waals surface area contributed by atoms with Crippen LogP contribution in [0.1, 0.15) is 34.1 Å². The number of ether oxygens (including phenoxy) is 1. The maximum atomic E-state index is 11.8. The Morgan fingerprint density at radius 1 is 1.44 bits per heavy atom. The average Bonchev–Trinajstić information content (AvgIpc) is 2.21. The highest BCUT2D eigenvalue weighted by Crippen LogP contribution is 2.07. The Morgan fingerprint density at radius 3 is 2.44 bits per heavy atom. The van der Waals surface area contributed by atoms with E-state index in [1.807, 2.05) is 6.07 Å². The van der Waals surface area contributed by atoms with Crippen molar-refractivity contribution in [3.05, 3.63) is 0 Å². The first-order valence-electron chi connectivity index (χ1n) is 5.79. The second-order valence-corrected chi connectivity index (χ2v) is 5.04. The Balaban J connectivity index is 4.24. The number of amides is 2. The van der Waals surface area contributed by atoms with Crippen molar-refractivity contribution in [2.75, 3.05) is 13.6 Å². The Hall–Kier alpha value is -1.77. The van der Waals surface area contributed by atoms with Crippen LogP contribution in [0.5, 0.6) is 0 Å². The lowest BCUT2D eigenvalue weighted by Gasteiger charge is -2.24. The third-order valence-electron chi connectivity index (χ3n) is 2.04. The van der Waals surface area contributed by atoms with Crippen molar-refractivity contribution in [3.8, 4) is 6.07 Å². The molecule has 102 valence electrons. The summed E-state index contributed by atoms with van der Waals surface area (Å²) in [5.74, 6) is -0.254. The maximum Gasteiger partial charge on any atom is 0.408 e. The van der Waals surface area contributed by atoms with Gasteiger partial charge in [0.25, 0.3) is 0 Å². The fraction of sp³-hybridized carbons (Fsp3) is 0.750. The van der Waals surface area contributed by atoms with Gasteiger partial charge in [0, 0.05) is 13.6 Å². The molecular weight excluding hydrogens is 234 g/mol. The molecule has 2 amide bonds. The van der Waals surface area contributed by atoms with Crippen LogP contribution >= 0.6 is 0 Å². The van der Waals surface area contributed by atoms with Gasteiger partial charge >= 0.3 is 6.09 Å². The van der Waals surface area contributed by atoms with E-state index in [4.69, 9.17) is 10.00 Å². The van der Waals surface area contributed by atoms with Gasteiger partial charge in [-0.15, -0.1) is 0 Å². The minimum Gasteiger partial charge on any atom is -0.444 e. The van der Waals surface area contributed by atoms with E-state index in [0.717, 1.165) is 0 Å². The van der Waals surface area contributed by atoms with E-state index in [1.165, 1.54) is 4.90 Å². The van der Waals surface area contributed by atoms with E-state index >= 15 is 0 Å². The van der Waals surface area contributed by atoms with E-state index < -0.39 is 17.7 Å². The van der Waals surface area contributed by atoms with E-state index in [1.54, 1.807) is 34.7 Å². The molecule has 0 aromatic carbocycles. The van der Waals surface area contributed by atoms with Crippen LogP contribution in [0.25, 0.3) is 0 Å². The summed E-state index contributed by atoms with van der Waals surface area (Å²) >= 11 is 0. The molecule has 0 aliphatic rings. The molecule has 1 atom stereocenters. The topological polar surface area (TPSA) is 82.4 Å². The minimum atomic E-state index is -0.677. The van der Waals surface area contributed by atoms with Gasteiger partial charge in [0.05, 0.1) is 12.5 Å². The summed E-state index contributed by atoms with van der Waals surface area (Å²) in [6, 6.07) is 1.28. The number of hydrogen-bond acceptors (Lipinski definition) is 4. The third-order valence-corrected chi connectivity index (χ3v) is 2.04. The zero-order chi connectivity index (χ0) is 14.3. The standard InChI is InChI=1S/C12H21N3O3/c1-9(10(16)15(5)8-6-7-13)14-11(17)18-12(2,3)4/h9H,6,8H2,1-5H3,(H,14,17)/t9-/m1/s1. The Bertz CT molecular complexity index is 341. The number of alkyl carbamates (subject to hydrolysis) is 1. The van der Waals surface area contributed by atoms with E-state index in [-0.39, 0.29) is 12.3 Å². The number of rotatable bonds is 4. The molecule has 1 N–H and O–H groups in total. The van der Waals surface area contributed by atoms with Gasteiger partial charge in [0.2, 0.25) is 5.91 Å². The Kier molecular flexibility index (Phi) is 6.17. The number of nitriles is 1. The van der Waals surface area contributed by atoms with Crippen LogP contribution in [0.2, 0.25) is 0 Å². The zero-order valence-corrected chi connectivity index (χ0v) is 11.6. The summed E-state index contributed by atoms with van der Waals surface area (Å²) in [5.41, 5.74) is -0.598. The number of carbonyl (C=O) groups is 2. The number of nitrogens with zero attached hydrogens (tertiary/aromatic N) is 2.